The van der Waals surface area contributed by atoms with E-state index in [0.717, 1.165) is 6.42 Å². The summed E-state index contributed by atoms with van der Waals surface area (Å²) < 4.78 is 67.4. The number of methoxy groups -OCH3 is 8. The lowest BCUT2D eigenvalue weighted by Crippen LogP contribution is -2.58. The Bertz CT molecular complexity index is 1800. The van der Waals surface area contributed by atoms with E-state index in [4.69, 9.17) is 61.6 Å². The van der Waals surface area contributed by atoms with E-state index in [1.165, 1.54) is 94.2 Å². The molecule has 5 aliphatic rings. The minimum atomic E-state index is -1.20. The number of nitrogens with zero attached hydrogens (tertiary/aromatic N) is 3. The molecule has 5 saturated heterocycles. The van der Waals surface area contributed by atoms with E-state index in [1.807, 2.05) is 27.7 Å². The minimum Gasteiger partial charge on any atom is -0.388 e. The number of hydrogen-bond acceptors (Lipinski definition) is 27. The van der Waals surface area contributed by atoms with Gasteiger partial charge in [0.05, 0.1) is 30.5 Å². The second-order valence-electron chi connectivity index (χ2n) is 21.7. The number of aliphatic hydroxyl groups excluding tert-OH is 9. The second kappa shape index (κ2) is 93.8. The van der Waals surface area contributed by atoms with Crippen molar-refractivity contribution in [3.8, 4) is 0 Å². The normalized spacial score (nSPS) is 29.3. The summed E-state index contributed by atoms with van der Waals surface area (Å²) in [5.74, 6) is 1.82. The lowest BCUT2D eigenvalue weighted by atomic mass is 9.78. The predicted molar refractivity (Wildman–Crippen MR) is 452 cm³/mol. The summed E-state index contributed by atoms with van der Waals surface area (Å²) >= 11 is 0. The molecule has 0 aliphatic carbocycles. The monoisotopic (exact) mass is 1620 g/mol. The number of aliphatic hydroxyl groups is 9. The first-order valence-corrected chi connectivity index (χ1v) is 32.3. The van der Waals surface area contributed by atoms with Crippen LogP contribution in [-0.2, 0) is 85.6 Å². The molecular formula is C79H173N5O27. The van der Waals surface area contributed by atoms with Gasteiger partial charge in [0.15, 0.2) is 31.5 Å². The Balaban J connectivity index is -0.0000000550. The lowest BCUT2D eigenvalue weighted by molar-refractivity contribution is -0.295. The Hall–Kier alpha value is -5.10. The quantitative estimate of drug-likeness (QED) is 0.0158. The summed E-state index contributed by atoms with van der Waals surface area (Å²) in [6.07, 6.45) is 1.19. The van der Waals surface area contributed by atoms with Crippen molar-refractivity contribution in [1.82, 2.24) is 10.6 Å². The zero-order chi connectivity index (χ0) is 77.2. The van der Waals surface area contributed by atoms with Gasteiger partial charge in [-0.2, -0.15) is 0 Å². The highest BCUT2D eigenvalue weighted by atomic mass is 16.7. The van der Waals surface area contributed by atoms with Crippen LogP contribution in [0.25, 0.3) is 16.0 Å². The average molecular weight is 1630 g/mol. The molecule has 5 heterocycles. The molecule has 111 heavy (non-hydrogen) atoms. The van der Waals surface area contributed by atoms with Crippen LogP contribution in [0, 0.1) is 17.8 Å². The molecule has 676 valence electrons. The topological polar surface area (TPSA) is 454 Å². The Labute approximate surface area is 678 Å². The molecule has 0 spiro atoms. The van der Waals surface area contributed by atoms with E-state index in [0.29, 0.717) is 88.7 Å². The van der Waals surface area contributed by atoms with Gasteiger partial charge in [-0.25, -0.2) is 0 Å². The Morgan fingerprint density at radius 2 is 0.667 bits per heavy atom. The number of amides is 5. The van der Waals surface area contributed by atoms with E-state index >= 15 is 0 Å². The number of hydrogen-bond donors (Lipinski definition) is 11. The van der Waals surface area contributed by atoms with E-state index in [9.17, 15) is 69.9 Å². The Morgan fingerprint density at radius 3 is 0.937 bits per heavy atom. The lowest BCUT2D eigenvalue weighted by Gasteiger charge is -2.42. The van der Waals surface area contributed by atoms with Gasteiger partial charge < -0.3 is 134 Å². The van der Waals surface area contributed by atoms with Gasteiger partial charge in [-0.15, -0.1) is 51.1 Å². The fourth-order valence-electron chi connectivity index (χ4n) is 9.44. The smallest absolute Gasteiger partial charge is 0.388 e. The molecule has 11 N–H and O–H groups in total. The summed E-state index contributed by atoms with van der Waals surface area (Å²) in [5, 5.41) is 101. The highest BCUT2D eigenvalue weighted by Crippen LogP contribution is 2.36. The zero-order valence-corrected chi connectivity index (χ0v) is 61.2. The molecule has 0 bridgehead atoms. The molecule has 5 rings (SSSR count). The first-order valence-electron chi connectivity index (χ1n) is 32.3. The van der Waals surface area contributed by atoms with Crippen LogP contribution in [0.1, 0.15) is 185 Å². The maximum absolute atomic E-state index is 10.0. The van der Waals surface area contributed by atoms with Crippen molar-refractivity contribution in [3.05, 3.63) is 79.2 Å². The molecule has 0 aromatic carbocycles. The van der Waals surface area contributed by atoms with Crippen LogP contribution in [0.15, 0.2) is 63.3 Å². The molecule has 32 heteroatoms. The van der Waals surface area contributed by atoms with Crippen LogP contribution >= 0.6 is 0 Å². The third-order valence-corrected chi connectivity index (χ3v) is 15.3. The molecule has 5 amide bonds. The van der Waals surface area contributed by atoms with Crippen molar-refractivity contribution in [2.24, 2.45) is 17.8 Å². The van der Waals surface area contributed by atoms with Crippen LogP contribution in [0.4, 0.5) is 0 Å². The van der Waals surface area contributed by atoms with Gasteiger partial charge in [0.25, 0.3) is 0 Å². The van der Waals surface area contributed by atoms with Crippen LogP contribution < -0.4 is 10.6 Å². The third kappa shape index (κ3) is 59.3. The predicted octanol–water partition coefficient (Wildman–Crippen LogP) is 9.99. The molecule has 0 aromatic heterocycles. The number of ether oxygens (including phenoxy) is 13. The van der Waals surface area contributed by atoms with Gasteiger partial charge in [-0.1, -0.05) is 176 Å². The third-order valence-electron chi connectivity index (χ3n) is 15.3. The molecule has 25 atom stereocenters. The van der Waals surface area contributed by atoms with Crippen LogP contribution in [-0.4, -0.2) is 302 Å². The average Bonchev–Trinajstić information content (AvgIpc) is 0.852. The fourth-order valence-corrected chi connectivity index (χ4v) is 9.44. The first kappa shape index (κ1) is 147. The highest BCUT2D eigenvalue weighted by molar-refractivity contribution is 5.72. The molecule has 0 saturated carbocycles. The van der Waals surface area contributed by atoms with Crippen molar-refractivity contribution in [1.29, 1.82) is 0 Å². The van der Waals surface area contributed by atoms with E-state index in [-0.39, 0.29) is 115 Å². The first-order chi connectivity index (χ1) is 47.1. The molecule has 0 radical (unpaired) electrons. The maximum Gasteiger partial charge on any atom is 0.469 e. The van der Waals surface area contributed by atoms with Gasteiger partial charge in [0, 0.05) is 98.6 Å². The van der Waals surface area contributed by atoms with Crippen molar-refractivity contribution in [2.75, 3.05) is 89.6 Å². The van der Waals surface area contributed by atoms with Crippen molar-refractivity contribution < 1.29 is 133 Å². The number of carbonyl (C=O) groups is 2. The van der Waals surface area contributed by atoms with E-state index in [1.54, 1.807) is 19.3 Å². The summed E-state index contributed by atoms with van der Waals surface area (Å²) in [4.78, 5) is 47.1. The standard InChI is InChI=1S/C11H22O2.3C9H18O5.C8H16O5.C5H9NO.C4H7NO.3C4H5NO.12CH4.H2/c1-6-10-8(3)7(2)9(4)11(12-5)13-10;1-4-5-8(12-2)6(10)7(11)9(13-3)14-5;1-4-5-6(10)8(12-2)7(11)9(13-3)14-5;1-4-5-6(10)7(11)8(12-2)9(13-3)14-5;1-3-4-5(9)6(10)7(11)8(12-2)13-4;1-3-4-6-5(2)7;4*1-2-3-5-4-6;;;;;;;;;;;;;/h7-11H,6H2,1-5H3;3*5-11H,4H2,1-3H3;4-11H,3H2,1-2H3;3H,1,4H2,2H3,(H,6,7);2,4H,1,3H2,(H,5,6);3*2H,1,3H2;12*1H4;1H. The van der Waals surface area contributed by atoms with Crippen molar-refractivity contribution in [2.45, 2.75) is 319 Å². The molecule has 5 aliphatic heterocycles. The Morgan fingerprint density at radius 1 is 0.369 bits per heavy atom. The van der Waals surface area contributed by atoms with Gasteiger partial charge in [-0.05, 0) is 43.9 Å². The van der Waals surface area contributed by atoms with Crippen LogP contribution in [0.2, 0.25) is 0 Å². The van der Waals surface area contributed by atoms with E-state index < -0.39 is 111 Å². The number of rotatable bonds is 27. The minimum absolute atomic E-state index is 0. The summed E-state index contributed by atoms with van der Waals surface area (Å²) in [5.41, 5.74) is 0. The largest absolute Gasteiger partial charge is 0.469 e. The van der Waals surface area contributed by atoms with Crippen molar-refractivity contribution in [3.63, 3.8) is 0 Å². The summed E-state index contributed by atoms with van der Waals surface area (Å²) in [7, 11) is 11.9. The second-order valence-corrected chi connectivity index (χ2v) is 21.7. The molecule has 25 unspecified atom stereocenters. The zero-order valence-electron chi connectivity index (χ0n) is 61.2. The Kier molecular flexibility index (Phi) is 125. The highest BCUT2D eigenvalue weighted by Gasteiger charge is 2.47. The summed E-state index contributed by atoms with van der Waals surface area (Å²) in [6.45, 7) is 37.0. The maximum atomic E-state index is 10.0. The molecular weight excluding hydrogens is 1450 g/mol. The fraction of sp³-hybridized carbons (Fsp3) is 0.810. The van der Waals surface area contributed by atoms with Crippen molar-refractivity contribution >= 4 is 31.5 Å². The van der Waals surface area contributed by atoms with E-state index in [2.05, 4.69) is 87.2 Å². The molecule has 5 fully saturated rings. The molecule has 0 aromatic rings. The van der Waals surface area contributed by atoms with Gasteiger partial charge in [0.1, 0.15) is 73.2 Å². The van der Waals surface area contributed by atoms with Gasteiger partial charge >= 0.3 is 19.2 Å². The SMILES string of the molecule is C.C.C.C.C.C.C.C.C.C.C.C.C=CCNC(C)=O.C=CCNC=O.C=CC[N-][C+]=O.C=CC[N-][C+]=O.C=CC[N-][C+]=O.CCC1OC(OC)C(C)C(C)C1C.CCC1OC(OC)C(O)C(O)C1O.CCC1OC(OC)C(O)C(O)C1OC.CCC1OC(OC)C(O)C(OC)C1O.CCC1OC(OC)C(OC)C(O)C1O.[HH]. The van der Waals surface area contributed by atoms with Crippen LogP contribution in [0.3, 0.4) is 0 Å². The van der Waals surface area contributed by atoms with Crippen LogP contribution in [0.5, 0.6) is 0 Å². The number of carbonyl (C=O) groups excluding carboxylic acids is 5. The number of nitrogens with one attached hydrogen (secondary N) is 2. The van der Waals surface area contributed by atoms with Gasteiger partial charge in [0.2, 0.25) is 12.3 Å². The molecule has 32 nitrogen and oxygen atoms in total. The summed E-state index contributed by atoms with van der Waals surface area (Å²) in [6, 6.07) is 0. The van der Waals surface area contributed by atoms with Gasteiger partial charge in [-0.3, -0.25) is 9.59 Å².